The molecule has 0 aliphatic heterocycles. The highest BCUT2D eigenvalue weighted by atomic mass is 16.4. The third-order valence-corrected chi connectivity index (χ3v) is 7.95. The van der Waals surface area contributed by atoms with Crippen LogP contribution in [0.4, 0.5) is 0 Å². The molecule has 2 unspecified atom stereocenters. The minimum absolute atomic E-state index is 0.0231. The molecule has 2 aromatic rings. The van der Waals surface area contributed by atoms with Gasteiger partial charge in [-0.3, -0.25) is 9.59 Å². The van der Waals surface area contributed by atoms with E-state index >= 15 is 0 Å². The van der Waals surface area contributed by atoms with Crippen molar-refractivity contribution in [3.8, 4) is 0 Å². The fraction of sp³-hybridized carbons (Fsp3) is 0.562. The third-order valence-electron chi connectivity index (χ3n) is 7.95. The molecule has 0 bridgehead atoms. The van der Waals surface area contributed by atoms with Gasteiger partial charge in [0.15, 0.2) is 0 Å². The topological polar surface area (TPSA) is 69.6 Å². The monoisotopic (exact) mass is 506 g/mol. The van der Waals surface area contributed by atoms with Crippen LogP contribution in [0.15, 0.2) is 54.6 Å². The molecule has 0 saturated heterocycles. The summed E-state index contributed by atoms with van der Waals surface area (Å²) in [6.07, 6.45) is 12.5. The molecule has 202 valence electrons. The first-order valence-corrected chi connectivity index (χ1v) is 14.3. The molecule has 2 N–H and O–H groups in total. The Labute approximate surface area is 223 Å². The normalized spacial score (nSPS) is 19.1. The quantitative estimate of drug-likeness (QED) is 0.204. The van der Waals surface area contributed by atoms with Crippen molar-refractivity contribution in [2.45, 2.75) is 96.6 Å². The number of unbranched alkanes of at least 4 members (excludes halogenated alkanes) is 6. The van der Waals surface area contributed by atoms with Crippen LogP contribution in [0.5, 0.6) is 0 Å². The predicted molar refractivity (Wildman–Crippen MR) is 150 cm³/mol. The molecule has 1 saturated carbocycles. The van der Waals surface area contributed by atoms with Gasteiger partial charge in [-0.15, -0.1) is 0 Å². The van der Waals surface area contributed by atoms with Gasteiger partial charge in [0.25, 0.3) is 0 Å². The van der Waals surface area contributed by atoms with Crippen LogP contribution in [-0.2, 0) is 29.0 Å². The molecule has 2 aromatic carbocycles. The minimum Gasteiger partial charge on any atom is -0.480 e. The number of aryl methyl sites for hydroxylation is 1. The zero-order valence-corrected chi connectivity index (χ0v) is 22.9. The number of aliphatic carboxylic acids is 1. The summed E-state index contributed by atoms with van der Waals surface area (Å²) in [5.41, 5.74) is 2.39. The number of amides is 1. The van der Waals surface area contributed by atoms with Crippen molar-refractivity contribution in [3.63, 3.8) is 0 Å². The number of carbonyl (C=O) groups excluding carboxylic acids is 1. The first kappa shape index (κ1) is 28.9. The van der Waals surface area contributed by atoms with Gasteiger partial charge >= 0.3 is 5.97 Å². The maximum atomic E-state index is 13.3. The average Bonchev–Trinajstić information content (AvgIpc) is 3.36. The molecule has 0 spiro atoms. The third kappa shape index (κ3) is 8.70. The Bertz CT molecular complexity index is 960. The Hall–Kier alpha value is -2.66. The fourth-order valence-corrected chi connectivity index (χ4v) is 5.48. The van der Waals surface area contributed by atoms with Gasteiger partial charge in [0.1, 0.15) is 5.41 Å². The lowest BCUT2D eigenvalue weighted by atomic mass is 9.84. The molecule has 37 heavy (non-hydrogen) atoms. The summed E-state index contributed by atoms with van der Waals surface area (Å²) >= 11 is 0. The van der Waals surface area contributed by atoms with Crippen molar-refractivity contribution in [1.29, 1.82) is 0 Å². The molecule has 1 aliphatic carbocycles. The van der Waals surface area contributed by atoms with Crippen molar-refractivity contribution in [3.05, 3.63) is 71.3 Å². The lowest BCUT2D eigenvalue weighted by Gasteiger charge is -2.29. The van der Waals surface area contributed by atoms with E-state index in [9.17, 15) is 14.7 Å². The van der Waals surface area contributed by atoms with Crippen molar-refractivity contribution in [1.82, 2.24) is 10.2 Å². The maximum Gasteiger partial charge on any atom is 0.319 e. The van der Waals surface area contributed by atoms with Gasteiger partial charge in [-0.05, 0) is 55.2 Å². The second-order valence-corrected chi connectivity index (χ2v) is 10.9. The van der Waals surface area contributed by atoms with E-state index in [1.807, 2.05) is 30.3 Å². The van der Waals surface area contributed by atoms with E-state index in [2.05, 4.69) is 36.5 Å². The predicted octanol–water partition coefficient (Wildman–Crippen LogP) is 6.39. The molecule has 5 heteroatoms. The molecule has 1 fully saturated rings. The second kappa shape index (κ2) is 14.9. The number of rotatable bonds is 16. The summed E-state index contributed by atoms with van der Waals surface area (Å²) in [4.78, 5) is 27.2. The highest BCUT2D eigenvalue weighted by Crippen LogP contribution is 2.40. The largest absolute Gasteiger partial charge is 0.480 e. The Kier molecular flexibility index (Phi) is 11.7. The van der Waals surface area contributed by atoms with Crippen LogP contribution >= 0.6 is 0 Å². The van der Waals surface area contributed by atoms with Crippen LogP contribution in [0.1, 0.15) is 87.8 Å². The van der Waals surface area contributed by atoms with Gasteiger partial charge in [0.05, 0.1) is 0 Å². The van der Waals surface area contributed by atoms with Gasteiger partial charge in [-0.25, -0.2) is 0 Å². The summed E-state index contributed by atoms with van der Waals surface area (Å²) < 4.78 is 0. The molecule has 1 aliphatic rings. The van der Waals surface area contributed by atoms with Crippen LogP contribution in [0, 0.1) is 5.41 Å². The van der Waals surface area contributed by atoms with E-state index in [1.165, 1.54) is 56.1 Å². The van der Waals surface area contributed by atoms with Crippen LogP contribution in [-0.4, -0.2) is 41.5 Å². The summed E-state index contributed by atoms with van der Waals surface area (Å²) in [5.74, 6) is -1.27. The smallest absolute Gasteiger partial charge is 0.319 e. The maximum absolute atomic E-state index is 13.3. The lowest BCUT2D eigenvalue weighted by molar-refractivity contribution is -0.159. The summed E-state index contributed by atoms with van der Waals surface area (Å²) in [6, 6.07) is 18.8. The SMILES string of the molecule is CCCCCCCCCc1ccc(CNC2CCC(C(=O)O)(C(=O)N(C)CCc3ccccc3)C2)cc1. The summed E-state index contributed by atoms with van der Waals surface area (Å²) in [6.45, 7) is 3.46. The molecule has 0 radical (unpaired) electrons. The molecule has 0 aromatic heterocycles. The Morgan fingerprint density at radius 1 is 0.892 bits per heavy atom. The average molecular weight is 507 g/mol. The summed E-state index contributed by atoms with van der Waals surface area (Å²) in [5, 5.41) is 13.6. The number of hydrogen-bond donors (Lipinski definition) is 2. The number of nitrogens with zero attached hydrogens (tertiary/aromatic N) is 1. The molecular weight excluding hydrogens is 460 g/mol. The number of hydrogen-bond acceptors (Lipinski definition) is 3. The van der Waals surface area contributed by atoms with Crippen LogP contribution in [0.2, 0.25) is 0 Å². The number of likely N-dealkylation sites (N-methyl/N-ethyl adjacent to an activating group) is 1. The zero-order chi connectivity index (χ0) is 26.5. The van der Waals surface area contributed by atoms with Gasteiger partial charge in [-0.2, -0.15) is 0 Å². The standard InChI is InChI=1S/C32H46N2O3/c1-3-4-5-6-7-8-10-15-27-16-18-28(19-17-27)25-33-29-20-22-32(24-29,31(36)37)30(35)34(2)23-21-26-13-11-9-12-14-26/h9,11-14,16-19,29,33H,3-8,10,15,20-25H2,1-2H3,(H,36,37). The van der Waals surface area contributed by atoms with Crippen molar-refractivity contribution in [2.75, 3.05) is 13.6 Å². The number of nitrogens with one attached hydrogen (secondary N) is 1. The molecule has 3 rings (SSSR count). The molecule has 2 atom stereocenters. The van der Waals surface area contributed by atoms with Crippen molar-refractivity contribution < 1.29 is 14.7 Å². The van der Waals surface area contributed by atoms with Gasteiger partial charge in [0, 0.05) is 26.2 Å². The molecule has 5 nitrogen and oxygen atoms in total. The highest BCUT2D eigenvalue weighted by molar-refractivity contribution is 6.02. The second-order valence-electron chi connectivity index (χ2n) is 10.9. The van der Waals surface area contributed by atoms with E-state index in [1.54, 1.807) is 11.9 Å². The zero-order valence-electron chi connectivity index (χ0n) is 22.9. The van der Waals surface area contributed by atoms with Gasteiger partial charge in [-0.1, -0.05) is 100 Å². The fourth-order valence-electron chi connectivity index (χ4n) is 5.48. The number of benzene rings is 2. The molecule has 1 amide bonds. The van der Waals surface area contributed by atoms with Crippen LogP contribution in [0.25, 0.3) is 0 Å². The van der Waals surface area contributed by atoms with Crippen molar-refractivity contribution in [2.24, 2.45) is 5.41 Å². The van der Waals surface area contributed by atoms with Gasteiger partial charge < -0.3 is 15.3 Å². The first-order valence-electron chi connectivity index (χ1n) is 14.3. The van der Waals surface area contributed by atoms with E-state index in [4.69, 9.17) is 0 Å². The highest BCUT2D eigenvalue weighted by Gasteiger charge is 2.52. The first-order chi connectivity index (χ1) is 17.9. The number of carbonyl (C=O) groups is 2. The summed E-state index contributed by atoms with van der Waals surface area (Å²) in [7, 11) is 1.73. The Balaban J connectivity index is 1.43. The van der Waals surface area contributed by atoms with E-state index in [-0.39, 0.29) is 11.9 Å². The molecule has 0 heterocycles. The number of carboxylic acids is 1. The molecular formula is C32H46N2O3. The number of carboxylic acid groups (broad SMARTS) is 1. The minimum atomic E-state index is -1.33. The van der Waals surface area contributed by atoms with Crippen molar-refractivity contribution >= 4 is 11.9 Å². The van der Waals surface area contributed by atoms with Crippen LogP contribution < -0.4 is 5.32 Å². The van der Waals surface area contributed by atoms with E-state index in [0.29, 0.717) is 32.4 Å². The van der Waals surface area contributed by atoms with Crippen LogP contribution in [0.3, 0.4) is 0 Å². The lowest BCUT2D eigenvalue weighted by Crippen LogP contribution is -2.47. The Morgan fingerprint density at radius 2 is 1.51 bits per heavy atom. The Morgan fingerprint density at radius 3 is 2.19 bits per heavy atom. The van der Waals surface area contributed by atoms with E-state index in [0.717, 1.165) is 18.4 Å². The van der Waals surface area contributed by atoms with Gasteiger partial charge in [0.2, 0.25) is 5.91 Å². The van der Waals surface area contributed by atoms with E-state index < -0.39 is 11.4 Å².